The van der Waals surface area contributed by atoms with Crippen LogP contribution in [0.15, 0.2) is 12.7 Å². The first-order valence-corrected chi connectivity index (χ1v) is 11.7. The Labute approximate surface area is 169 Å². The van der Waals surface area contributed by atoms with E-state index < -0.39 is 39.8 Å². The molecule has 0 amide bonds. The van der Waals surface area contributed by atoms with Crippen LogP contribution in [0.25, 0.3) is 0 Å². The highest BCUT2D eigenvalue weighted by Crippen LogP contribution is 2.18. The minimum atomic E-state index is -4.84. The molecule has 0 bridgehead atoms. The molecule has 0 fully saturated rings. The van der Waals surface area contributed by atoms with Crippen LogP contribution < -0.4 is 0 Å². The van der Waals surface area contributed by atoms with E-state index in [4.69, 9.17) is 14.4 Å². The summed E-state index contributed by atoms with van der Waals surface area (Å²) in [5.41, 5.74) is 0. The van der Waals surface area contributed by atoms with Crippen molar-refractivity contribution in [2.75, 3.05) is 0 Å². The highest BCUT2D eigenvalue weighted by atomic mass is 32.2. The molecule has 0 saturated carbocycles. The Kier molecular flexibility index (Phi) is 14.7. The number of aliphatic carboxylic acids is 1. The predicted octanol–water partition coefficient (Wildman–Crippen LogP) is 4.52. The molecule has 0 aromatic carbocycles. The van der Waals surface area contributed by atoms with Gasteiger partial charge in [-0.15, -0.1) is 6.58 Å². The molecule has 0 aromatic rings. The van der Waals surface area contributed by atoms with Crippen LogP contribution in [0.4, 0.5) is 0 Å². The van der Waals surface area contributed by atoms with Gasteiger partial charge in [-0.3, -0.25) is 14.1 Å². The van der Waals surface area contributed by atoms with Crippen LogP contribution in [-0.2, 0) is 24.4 Å². The lowest BCUT2D eigenvalue weighted by Crippen LogP contribution is -2.36. The van der Waals surface area contributed by atoms with Crippen LogP contribution in [0.3, 0.4) is 0 Å². The second kappa shape index (κ2) is 15.5. The van der Waals surface area contributed by atoms with Crippen molar-refractivity contribution >= 4 is 22.1 Å². The number of carboxylic acid groups (broad SMARTS) is 1. The van der Waals surface area contributed by atoms with E-state index in [9.17, 15) is 18.0 Å². The Morgan fingerprint density at radius 2 is 1.54 bits per heavy atom. The molecule has 0 aliphatic heterocycles. The number of carbonyl (C=O) groups excluding carboxylic acids is 1. The third-order valence-electron chi connectivity index (χ3n) is 4.58. The summed E-state index contributed by atoms with van der Waals surface area (Å²) in [6.07, 6.45) is 11.7. The molecule has 0 aromatic heterocycles. The van der Waals surface area contributed by atoms with E-state index in [0.29, 0.717) is 12.8 Å². The molecule has 2 unspecified atom stereocenters. The fourth-order valence-electron chi connectivity index (χ4n) is 2.96. The van der Waals surface area contributed by atoms with Crippen LogP contribution in [0, 0.1) is 0 Å². The highest BCUT2D eigenvalue weighted by Gasteiger charge is 2.36. The topological polar surface area (TPSA) is 118 Å². The van der Waals surface area contributed by atoms with Crippen LogP contribution in [0.2, 0.25) is 0 Å². The van der Waals surface area contributed by atoms with E-state index in [1.807, 2.05) is 0 Å². The molecule has 0 aliphatic rings. The number of hydrogen-bond donors (Lipinski definition) is 2. The minimum absolute atomic E-state index is 0.481. The lowest BCUT2D eigenvalue weighted by Gasteiger charge is -2.20. The van der Waals surface area contributed by atoms with Gasteiger partial charge < -0.3 is 9.84 Å². The number of hydrogen-bond acceptors (Lipinski definition) is 5. The number of carbonyl (C=O) groups is 2. The highest BCUT2D eigenvalue weighted by molar-refractivity contribution is 7.87. The van der Waals surface area contributed by atoms with E-state index >= 15 is 0 Å². The minimum Gasteiger partial charge on any atom is -0.481 e. The molecule has 0 rings (SSSR count). The van der Waals surface area contributed by atoms with Gasteiger partial charge in [-0.05, 0) is 38.5 Å². The second-order valence-electron chi connectivity index (χ2n) is 7.14. The van der Waals surface area contributed by atoms with Gasteiger partial charge in [0.2, 0.25) is 0 Å². The molecule has 0 spiro atoms. The monoisotopic (exact) mass is 420 g/mol. The van der Waals surface area contributed by atoms with Crippen LogP contribution >= 0.6 is 0 Å². The zero-order valence-electron chi connectivity index (χ0n) is 17.0. The van der Waals surface area contributed by atoms with Crippen LogP contribution in [0.5, 0.6) is 0 Å². The van der Waals surface area contributed by atoms with Gasteiger partial charge in [0.05, 0.1) is 6.42 Å². The molecule has 2 N–H and O–H groups in total. The number of unbranched alkanes of at least 4 members (excludes halogenated alkanes) is 8. The molecule has 0 radical (unpaired) electrons. The smallest absolute Gasteiger partial charge is 0.327 e. The Hall–Kier alpha value is -1.41. The number of carboxylic acids is 1. The summed E-state index contributed by atoms with van der Waals surface area (Å²) in [6.45, 7) is 5.82. The van der Waals surface area contributed by atoms with Crippen LogP contribution in [0.1, 0.15) is 90.4 Å². The normalized spacial score (nSPS) is 13.6. The third-order valence-corrected chi connectivity index (χ3v) is 5.66. The van der Waals surface area contributed by atoms with Gasteiger partial charge in [0.15, 0.2) is 5.25 Å². The zero-order valence-corrected chi connectivity index (χ0v) is 17.8. The Morgan fingerprint density at radius 1 is 1.00 bits per heavy atom. The van der Waals surface area contributed by atoms with Gasteiger partial charge in [0.25, 0.3) is 10.1 Å². The zero-order chi connectivity index (χ0) is 21.4. The summed E-state index contributed by atoms with van der Waals surface area (Å²) < 4.78 is 37.2. The number of ether oxygens (including phenoxy) is 1. The van der Waals surface area contributed by atoms with Crippen molar-refractivity contribution in [3.05, 3.63) is 12.7 Å². The molecule has 8 heteroatoms. The molecule has 7 nitrogen and oxygen atoms in total. The van der Waals surface area contributed by atoms with Crippen LogP contribution in [-0.4, -0.2) is 41.4 Å². The van der Waals surface area contributed by atoms with E-state index in [1.54, 1.807) is 6.08 Å². The van der Waals surface area contributed by atoms with Gasteiger partial charge >= 0.3 is 11.9 Å². The maximum Gasteiger partial charge on any atom is 0.327 e. The lowest BCUT2D eigenvalue weighted by molar-refractivity contribution is -0.152. The molecular weight excluding hydrogens is 384 g/mol. The predicted molar refractivity (Wildman–Crippen MR) is 109 cm³/mol. The van der Waals surface area contributed by atoms with Crippen molar-refractivity contribution in [1.82, 2.24) is 0 Å². The number of allylic oxidation sites excluding steroid dienone is 1. The summed E-state index contributed by atoms with van der Waals surface area (Å²) in [5.74, 6) is -2.68. The Bertz CT molecular complexity index is 557. The molecule has 164 valence electrons. The van der Waals surface area contributed by atoms with E-state index in [-0.39, 0.29) is 0 Å². The maximum atomic E-state index is 12.2. The van der Waals surface area contributed by atoms with E-state index in [2.05, 4.69) is 13.5 Å². The summed E-state index contributed by atoms with van der Waals surface area (Å²) in [5, 5.41) is 6.71. The quantitative estimate of drug-likeness (QED) is 0.145. The first kappa shape index (κ1) is 26.6. The summed E-state index contributed by atoms with van der Waals surface area (Å²) >= 11 is 0. The number of esters is 1. The van der Waals surface area contributed by atoms with Crippen molar-refractivity contribution in [2.24, 2.45) is 0 Å². The first-order valence-electron chi connectivity index (χ1n) is 10.2. The van der Waals surface area contributed by atoms with Gasteiger partial charge in [0.1, 0.15) is 6.10 Å². The van der Waals surface area contributed by atoms with Crippen molar-refractivity contribution in [2.45, 2.75) is 102 Å². The van der Waals surface area contributed by atoms with Gasteiger partial charge in [-0.1, -0.05) is 51.5 Å². The second-order valence-corrected chi connectivity index (χ2v) is 8.74. The Balaban J connectivity index is 4.68. The average molecular weight is 421 g/mol. The molecule has 0 saturated heterocycles. The maximum absolute atomic E-state index is 12.2. The van der Waals surface area contributed by atoms with Crippen molar-refractivity contribution in [3.8, 4) is 0 Å². The van der Waals surface area contributed by atoms with Gasteiger partial charge in [-0.2, -0.15) is 8.42 Å². The van der Waals surface area contributed by atoms with E-state index in [1.165, 1.54) is 25.7 Å². The van der Waals surface area contributed by atoms with Crippen molar-refractivity contribution < 1.29 is 32.4 Å². The standard InChI is InChI=1S/C20H36O7S/c1-3-5-7-9-10-11-13-15-17(14-12-8-6-4-2)27-20(23)18(16-19(21)22)28(24,25)26/h4,17-18H,2-3,5-16H2,1H3,(H,21,22)(H,24,25,26). The van der Waals surface area contributed by atoms with Gasteiger partial charge in [0, 0.05) is 0 Å². The molecule has 0 heterocycles. The average Bonchev–Trinajstić information content (AvgIpc) is 2.61. The molecule has 2 atom stereocenters. The lowest BCUT2D eigenvalue weighted by atomic mass is 10.0. The van der Waals surface area contributed by atoms with Gasteiger partial charge in [-0.25, -0.2) is 0 Å². The Morgan fingerprint density at radius 3 is 2.04 bits per heavy atom. The van der Waals surface area contributed by atoms with E-state index in [0.717, 1.165) is 38.5 Å². The largest absolute Gasteiger partial charge is 0.481 e. The molecule has 0 aliphatic carbocycles. The van der Waals surface area contributed by atoms with Crippen molar-refractivity contribution in [1.29, 1.82) is 0 Å². The molecular formula is C20H36O7S. The number of rotatable bonds is 18. The first-order chi connectivity index (χ1) is 13.2. The summed E-state index contributed by atoms with van der Waals surface area (Å²) in [6, 6.07) is 0. The SMILES string of the molecule is C=CCCCCC(CCCCCCCCC)OC(=O)C(CC(=O)O)S(=O)(=O)O. The summed E-state index contributed by atoms with van der Waals surface area (Å²) in [4.78, 5) is 23.0. The molecule has 28 heavy (non-hydrogen) atoms. The summed E-state index contributed by atoms with van der Waals surface area (Å²) in [7, 11) is -4.84. The fraction of sp³-hybridized carbons (Fsp3) is 0.800. The fourth-order valence-corrected chi connectivity index (χ4v) is 3.61. The third kappa shape index (κ3) is 13.7. The van der Waals surface area contributed by atoms with Crippen molar-refractivity contribution in [3.63, 3.8) is 0 Å².